The topological polar surface area (TPSA) is 78.5 Å². The van der Waals surface area contributed by atoms with Crippen LogP contribution in [0.4, 0.5) is 11.4 Å². The van der Waals surface area contributed by atoms with E-state index < -0.39 is 0 Å². The van der Waals surface area contributed by atoms with Gasteiger partial charge in [0.2, 0.25) is 5.91 Å². The predicted octanol–water partition coefficient (Wildman–Crippen LogP) is 2.91. The van der Waals surface area contributed by atoms with Crippen molar-refractivity contribution in [2.45, 2.75) is 26.7 Å². The average Bonchev–Trinajstić information content (AvgIpc) is 3.10. The normalized spacial score (nSPS) is 12.5. The number of carbonyl (C=O) groups is 3. The van der Waals surface area contributed by atoms with Crippen LogP contribution in [0.5, 0.6) is 0 Å². The zero-order valence-electron chi connectivity index (χ0n) is 15.8. The van der Waals surface area contributed by atoms with Crippen molar-refractivity contribution in [3.63, 3.8) is 0 Å². The average molecular weight is 365 g/mol. The molecule has 0 saturated heterocycles. The predicted molar refractivity (Wildman–Crippen MR) is 105 cm³/mol. The van der Waals surface area contributed by atoms with Crippen LogP contribution in [0.15, 0.2) is 36.4 Å². The van der Waals surface area contributed by atoms with Crippen molar-refractivity contribution in [2.24, 2.45) is 0 Å². The van der Waals surface area contributed by atoms with Crippen molar-refractivity contribution in [1.29, 1.82) is 0 Å². The summed E-state index contributed by atoms with van der Waals surface area (Å²) in [5.74, 6) is -0.444. The smallest absolute Gasteiger partial charge is 0.255 e. The third kappa shape index (κ3) is 3.56. The minimum atomic E-state index is -0.283. The minimum Gasteiger partial charge on any atom is -0.355 e. The Bertz CT molecular complexity index is 921. The van der Waals surface area contributed by atoms with Crippen LogP contribution >= 0.6 is 0 Å². The lowest BCUT2D eigenvalue weighted by molar-refractivity contribution is -0.118. The van der Waals surface area contributed by atoms with E-state index in [2.05, 4.69) is 10.6 Å². The van der Waals surface area contributed by atoms with Gasteiger partial charge >= 0.3 is 0 Å². The summed E-state index contributed by atoms with van der Waals surface area (Å²) in [4.78, 5) is 38.7. The van der Waals surface area contributed by atoms with Crippen molar-refractivity contribution >= 4 is 29.1 Å². The van der Waals surface area contributed by atoms with Gasteiger partial charge in [0.1, 0.15) is 0 Å². The van der Waals surface area contributed by atoms with Crippen molar-refractivity contribution in [2.75, 3.05) is 23.8 Å². The number of nitrogens with one attached hydrogen (secondary N) is 2. The maximum Gasteiger partial charge on any atom is 0.255 e. The van der Waals surface area contributed by atoms with Gasteiger partial charge in [-0.2, -0.15) is 0 Å². The Morgan fingerprint density at radius 2 is 1.89 bits per heavy atom. The molecule has 0 fully saturated rings. The monoisotopic (exact) mass is 365 g/mol. The van der Waals surface area contributed by atoms with Crippen LogP contribution in [0.1, 0.15) is 45.2 Å². The summed E-state index contributed by atoms with van der Waals surface area (Å²) in [5.41, 5.74) is 4.08. The number of aryl methyl sites for hydroxylation is 1. The van der Waals surface area contributed by atoms with Gasteiger partial charge in [-0.15, -0.1) is 0 Å². The molecule has 6 nitrogen and oxygen atoms in total. The molecule has 3 rings (SSSR count). The van der Waals surface area contributed by atoms with E-state index in [0.29, 0.717) is 29.8 Å². The highest BCUT2D eigenvalue weighted by atomic mass is 16.2. The molecule has 0 atom stereocenters. The number of nitrogens with zero attached hydrogens (tertiary/aromatic N) is 1. The Morgan fingerprint density at radius 1 is 1.11 bits per heavy atom. The van der Waals surface area contributed by atoms with E-state index in [0.717, 1.165) is 23.2 Å². The van der Waals surface area contributed by atoms with E-state index >= 15 is 0 Å². The van der Waals surface area contributed by atoms with Gasteiger partial charge in [0.25, 0.3) is 11.8 Å². The maximum atomic E-state index is 12.7. The lowest BCUT2D eigenvalue weighted by Gasteiger charge is -2.16. The second-order valence-corrected chi connectivity index (χ2v) is 6.52. The molecule has 140 valence electrons. The van der Waals surface area contributed by atoms with Gasteiger partial charge in [-0.1, -0.05) is 19.1 Å². The van der Waals surface area contributed by atoms with Crippen molar-refractivity contribution in [1.82, 2.24) is 5.32 Å². The fourth-order valence-corrected chi connectivity index (χ4v) is 3.39. The molecule has 0 aliphatic carbocycles. The number of rotatable bonds is 4. The molecular formula is C21H23N3O3. The molecule has 1 aliphatic heterocycles. The molecular weight excluding hydrogens is 342 g/mol. The van der Waals surface area contributed by atoms with Crippen LogP contribution in [0, 0.1) is 6.92 Å². The Labute approximate surface area is 158 Å². The molecule has 1 aliphatic rings. The molecule has 6 heteroatoms. The molecule has 2 aromatic rings. The van der Waals surface area contributed by atoms with E-state index in [-0.39, 0.29) is 17.7 Å². The molecule has 2 N–H and O–H groups in total. The summed E-state index contributed by atoms with van der Waals surface area (Å²) in [6, 6.07) is 10.7. The summed E-state index contributed by atoms with van der Waals surface area (Å²) < 4.78 is 0. The lowest BCUT2D eigenvalue weighted by atomic mass is 10.0. The second-order valence-electron chi connectivity index (χ2n) is 6.52. The van der Waals surface area contributed by atoms with Crippen molar-refractivity contribution in [3.8, 4) is 0 Å². The van der Waals surface area contributed by atoms with Crippen molar-refractivity contribution < 1.29 is 14.4 Å². The number of hydrogen-bond donors (Lipinski definition) is 2. The molecule has 2 aromatic carbocycles. The number of fused-ring (bicyclic) bond motifs is 1. The fraction of sp³-hybridized carbons (Fsp3) is 0.286. The third-order valence-corrected chi connectivity index (χ3v) is 4.82. The molecule has 0 bridgehead atoms. The highest BCUT2D eigenvalue weighted by Gasteiger charge is 2.24. The summed E-state index contributed by atoms with van der Waals surface area (Å²) in [6.45, 7) is 4.31. The number of anilines is 2. The Balaban J connectivity index is 1.86. The van der Waals surface area contributed by atoms with Crippen LogP contribution in [-0.2, 0) is 11.2 Å². The first kappa shape index (κ1) is 18.6. The van der Waals surface area contributed by atoms with E-state index in [1.807, 2.05) is 32.0 Å². The van der Waals surface area contributed by atoms with Gasteiger partial charge in [-0.05, 0) is 48.7 Å². The third-order valence-electron chi connectivity index (χ3n) is 4.82. The highest BCUT2D eigenvalue weighted by molar-refractivity contribution is 6.10. The van der Waals surface area contributed by atoms with E-state index in [9.17, 15) is 14.4 Å². The zero-order chi connectivity index (χ0) is 19.6. The quantitative estimate of drug-likeness (QED) is 0.874. The largest absolute Gasteiger partial charge is 0.355 e. The first-order valence-electron chi connectivity index (χ1n) is 9.02. The van der Waals surface area contributed by atoms with Gasteiger partial charge < -0.3 is 15.5 Å². The molecule has 1 heterocycles. The van der Waals surface area contributed by atoms with Crippen LogP contribution in [0.2, 0.25) is 0 Å². The number of hydrogen-bond acceptors (Lipinski definition) is 3. The summed E-state index contributed by atoms with van der Waals surface area (Å²) >= 11 is 0. The number of benzene rings is 2. The molecule has 0 radical (unpaired) electrons. The first-order valence-corrected chi connectivity index (χ1v) is 9.02. The van der Waals surface area contributed by atoms with Crippen molar-refractivity contribution in [3.05, 3.63) is 58.7 Å². The Morgan fingerprint density at radius 3 is 2.59 bits per heavy atom. The van der Waals surface area contributed by atoms with E-state index in [4.69, 9.17) is 0 Å². The minimum absolute atomic E-state index is 0.0842. The van der Waals surface area contributed by atoms with E-state index in [1.54, 1.807) is 30.1 Å². The Kier molecular flexibility index (Phi) is 5.26. The number of carbonyl (C=O) groups excluding carboxylic acids is 3. The molecule has 0 spiro atoms. The summed E-state index contributed by atoms with van der Waals surface area (Å²) in [5, 5.41) is 5.44. The lowest BCUT2D eigenvalue weighted by Crippen LogP contribution is -2.27. The Hall–Kier alpha value is -3.15. The fourth-order valence-electron chi connectivity index (χ4n) is 3.39. The molecule has 3 amide bonds. The highest BCUT2D eigenvalue weighted by Crippen LogP contribution is 2.30. The van der Waals surface area contributed by atoms with Gasteiger partial charge in [0.15, 0.2) is 0 Å². The summed E-state index contributed by atoms with van der Waals surface area (Å²) in [7, 11) is 1.56. The standard InChI is InChI=1S/C21H23N3O3/c1-4-18(25)24-11-10-14-12-15(8-9-17(14)24)20(26)23-16-7-5-6-13(2)19(16)21(27)22-3/h5-9,12H,4,10-11H2,1-3H3,(H,22,27)(H,23,26). The molecule has 0 saturated carbocycles. The molecule has 0 unspecified atom stereocenters. The van der Waals surface area contributed by atoms with Crippen LogP contribution < -0.4 is 15.5 Å². The molecule has 0 aromatic heterocycles. The first-order chi connectivity index (χ1) is 13.0. The van der Waals surface area contributed by atoms with Gasteiger partial charge in [0, 0.05) is 31.3 Å². The van der Waals surface area contributed by atoms with E-state index in [1.165, 1.54) is 0 Å². The maximum absolute atomic E-state index is 12.7. The van der Waals surface area contributed by atoms with Gasteiger partial charge in [-0.3, -0.25) is 14.4 Å². The summed E-state index contributed by atoms with van der Waals surface area (Å²) in [6.07, 6.45) is 1.19. The second kappa shape index (κ2) is 7.61. The molecule has 27 heavy (non-hydrogen) atoms. The number of amides is 3. The SMILES string of the molecule is CCC(=O)N1CCc2cc(C(=O)Nc3cccc(C)c3C(=O)NC)ccc21. The van der Waals surface area contributed by atoms with Crippen LogP contribution in [-0.4, -0.2) is 31.3 Å². The van der Waals surface area contributed by atoms with Gasteiger partial charge in [-0.25, -0.2) is 0 Å². The van der Waals surface area contributed by atoms with Crippen LogP contribution in [0.3, 0.4) is 0 Å². The van der Waals surface area contributed by atoms with Gasteiger partial charge in [0.05, 0.1) is 11.3 Å². The van der Waals surface area contributed by atoms with Crippen LogP contribution in [0.25, 0.3) is 0 Å². The zero-order valence-corrected chi connectivity index (χ0v) is 15.8.